The number of hydrogen-bond donors (Lipinski definition) is 0. The lowest BCUT2D eigenvalue weighted by Crippen LogP contribution is -2.41. The van der Waals surface area contributed by atoms with E-state index >= 15 is 0 Å². The molecule has 104 valence electrons. The van der Waals surface area contributed by atoms with Crippen LogP contribution < -0.4 is 0 Å². The Labute approximate surface area is 121 Å². The molecule has 1 aromatic rings. The van der Waals surface area contributed by atoms with Gasteiger partial charge in [-0.15, -0.1) is 0 Å². The van der Waals surface area contributed by atoms with Gasteiger partial charge in [-0.25, -0.2) is 0 Å². The lowest BCUT2D eigenvalue weighted by molar-refractivity contribution is 0.00578. The summed E-state index contributed by atoms with van der Waals surface area (Å²) in [6.07, 6.45) is 2.95. The Hall–Kier alpha value is -0.445. The normalized spacial score (nSPS) is 20.8. The van der Waals surface area contributed by atoms with Gasteiger partial charge in [-0.1, -0.05) is 24.3 Å². The lowest BCUT2D eigenvalue weighted by atomic mass is 9.79. The van der Waals surface area contributed by atoms with Crippen molar-refractivity contribution in [3.63, 3.8) is 0 Å². The van der Waals surface area contributed by atoms with Gasteiger partial charge < -0.3 is 9.31 Å². The second-order valence-corrected chi connectivity index (χ2v) is 6.96. The average molecular weight is 278 g/mol. The molecule has 0 aliphatic carbocycles. The molecule has 1 aliphatic heterocycles. The minimum absolute atomic E-state index is 0.145. The molecule has 0 amide bonds. The summed E-state index contributed by atoms with van der Waals surface area (Å²) in [6.45, 7) is 8.39. The highest BCUT2D eigenvalue weighted by molar-refractivity contribution is 7.97. The summed E-state index contributed by atoms with van der Waals surface area (Å²) in [5.41, 5.74) is 2.22. The van der Waals surface area contributed by atoms with Crippen molar-refractivity contribution in [3.05, 3.63) is 35.4 Å². The topological polar surface area (TPSA) is 18.5 Å². The molecule has 0 bridgehead atoms. The molecule has 0 aromatic heterocycles. The smallest absolute Gasteiger partial charge is 0.403 e. The Morgan fingerprint density at radius 3 is 2.05 bits per heavy atom. The SMILES string of the molecule is CSCc1ccccc1CB1OC(C)(C)C(C)(C)O1. The Kier molecular flexibility index (Phi) is 4.33. The first kappa shape index (κ1) is 15.0. The Bertz CT molecular complexity index is 430. The van der Waals surface area contributed by atoms with E-state index in [0.717, 1.165) is 12.1 Å². The van der Waals surface area contributed by atoms with Crippen molar-refractivity contribution >= 4 is 18.9 Å². The van der Waals surface area contributed by atoms with Gasteiger partial charge in [0.05, 0.1) is 11.2 Å². The van der Waals surface area contributed by atoms with Gasteiger partial charge in [-0.05, 0) is 45.1 Å². The highest BCUT2D eigenvalue weighted by Gasteiger charge is 2.50. The average Bonchev–Trinajstić information content (AvgIpc) is 2.50. The van der Waals surface area contributed by atoms with Crippen molar-refractivity contribution in [2.24, 2.45) is 0 Å². The molecule has 2 rings (SSSR count). The Morgan fingerprint density at radius 2 is 1.53 bits per heavy atom. The number of thioether (sulfide) groups is 1. The molecule has 0 unspecified atom stereocenters. The fourth-order valence-corrected chi connectivity index (χ4v) is 2.87. The summed E-state index contributed by atoms with van der Waals surface area (Å²) in [6, 6.07) is 8.55. The summed E-state index contributed by atoms with van der Waals surface area (Å²) in [5.74, 6) is 1.04. The molecular weight excluding hydrogens is 255 g/mol. The zero-order valence-electron chi connectivity index (χ0n) is 12.5. The third kappa shape index (κ3) is 3.18. The van der Waals surface area contributed by atoms with Crippen LogP contribution in [0.1, 0.15) is 38.8 Å². The van der Waals surface area contributed by atoms with Crippen LogP contribution in [0.25, 0.3) is 0 Å². The van der Waals surface area contributed by atoms with E-state index in [4.69, 9.17) is 9.31 Å². The van der Waals surface area contributed by atoms with Crippen LogP contribution in [0.15, 0.2) is 24.3 Å². The van der Waals surface area contributed by atoms with Crippen molar-refractivity contribution < 1.29 is 9.31 Å². The molecule has 0 N–H and O–H groups in total. The van der Waals surface area contributed by atoms with Gasteiger partial charge in [0.1, 0.15) is 0 Å². The van der Waals surface area contributed by atoms with Gasteiger partial charge in [-0.3, -0.25) is 0 Å². The summed E-state index contributed by atoms with van der Waals surface area (Å²) >= 11 is 1.84. The zero-order chi connectivity index (χ0) is 14.1. The molecule has 4 heteroatoms. The molecule has 0 spiro atoms. The molecule has 1 saturated heterocycles. The predicted octanol–water partition coefficient (Wildman–Crippen LogP) is 3.72. The van der Waals surface area contributed by atoms with E-state index in [2.05, 4.69) is 58.2 Å². The van der Waals surface area contributed by atoms with Crippen LogP contribution in [-0.4, -0.2) is 24.6 Å². The van der Waals surface area contributed by atoms with Crippen LogP contribution in [0.4, 0.5) is 0 Å². The summed E-state index contributed by atoms with van der Waals surface area (Å²) in [5, 5.41) is 0. The van der Waals surface area contributed by atoms with E-state index in [9.17, 15) is 0 Å². The minimum Gasteiger partial charge on any atom is -0.403 e. The molecule has 2 nitrogen and oxygen atoms in total. The van der Waals surface area contributed by atoms with Crippen molar-refractivity contribution in [1.29, 1.82) is 0 Å². The predicted molar refractivity (Wildman–Crippen MR) is 83.4 cm³/mol. The van der Waals surface area contributed by atoms with Crippen molar-refractivity contribution in [2.75, 3.05) is 6.26 Å². The molecule has 1 fully saturated rings. The molecular formula is C15H23BO2S. The van der Waals surface area contributed by atoms with Crippen LogP contribution in [0.5, 0.6) is 0 Å². The molecule has 1 aliphatic rings. The fourth-order valence-electron chi connectivity index (χ4n) is 2.28. The second kappa shape index (κ2) is 5.51. The molecule has 0 saturated carbocycles. The quantitative estimate of drug-likeness (QED) is 0.782. The van der Waals surface area contributed by atoms with Gasteiger partial charge in [0.25, 0.3) is 0 Å². The number of benzene rings is 1. The van der Waals surface area contributed by atoms with E-state index in [0.29, 0.717) is 0 Å². The van der Waals surface area contributed by atoms with E-state index in [1.807, 2.05) is 11.8 Å². The third-order valence-electron chi connectivity index (χ3n) is 4.11. The number of rotatable bonds is 4. The van der Waals surface area contributed by atoms with E-state index in [1.54, 1.807) is 0 Å². The maximum atomic E-state index is 6.07. The molecule has 0 atom stereocenters. The second-order valence-electron chi connectivity index (χ2n) is 6.09. The van der Waals surface area contributed by atoms with E-state index < -0.39 is 0 Å². The summed E-state index contributed by atoms with van der Waals surface area (Å²) in [7, 11) is -0.145. The molecule has 0 radical (unpaired) electrons. The Balaban J connectivity index is 2.11. The molecule has 1 aromatic carbocycles. The zero-order valence-corrected chi connectivity index (χ0v) is 13.3. The summed E-state index contributed by atoms with van der Waals surface area (Å²) in [4.78, 5) is 0. The largest absolute Gasteiger partial charge is 0.462 e. The Morgan fingerprint density at radius 1 is 1.00 bits per heavy atom. The van der Waals surface area contributed by atoms with E-state index in [-0.39, 0.29) is 18.3 Å². The first-order chi connectivity index (χ1) is 8.86. The minimum atomic E-state index is -0.244. The lowest BCUT2D eigenvalue weighted by Gasteiger charge is -2.32. The highest BCUT2D eigenvalue weighted by atomic mass is 32.2. The number of hydrogen-bond acceptors (Lipinski definition) is 3. The molecule has 19 heavy (non-hydrogen) atoms. The molecule has 1 heterocycles. The van der Waals surface area contributed by atoms with E-state index in [1.165, 1.54) is 11.1 Å². The van der Waals surface area contributed by atoms with Crippen LogP contribution in [-0.2, 0) is 21.4 Å². The van der Waals surface area contributed by atoms with Crippen molar-refractivity contribution in [1.82, 2.24) is 0 Å². The summed E-state index contributed by atoms with van der Waals surface area (Å²) < 4.78 is 12.1. The maximum absolute atomic E-state index is 6.07. The van der Waals surface area contributed by atoms with Crippen molar-refractivity contribution in [3.8, 4) is 0 Å². The van der Waals surface area contributed by atoms with Gasteiger partial charge in [0, 0.05) is 12.1 Å². The first-order valence-electron chi connectivity index (χ1n) is 6.77. The monoisotopic (exact) mass is 278 g/mol. The highest BCUT2D eigenvalue weighted by Crippen LogP contribution is 2.37. The first-order valence-corrected chi connectivity index (χ1v) is 8.16. The third-order valence-corrected chi connectivity index (χ3v) is 4.71. The van der Waals surface area contributed by atoms with Gasteiger partial charge >= 0.3 is 7.12 Å². The fraction of sp³-hybridized carbons (Fsp3) is 0.600. The van der Waals surface area contributed by atoms with Crippen LogP contribution in [0.2, 0.25) is 0 Å². The van der Waals surface area contributed by atoms with Gasteiger partial charge in [-0.2, -0.15) is 11.8 Å². The van der Waals surface area contributed by atoms with Crippen LogP contribution >= 0.6 is 11.8 Å². The van der Waals surface area contributed by atoms with Crippen LogP contribution in [0, 0.1) is 0 Å². The van der Waals surface area contributed by atoms with Gasteiger partial charge in [0.15, 0.2) is 0 Å². The van der Waals surface area contributed by atoms with Gasteiger partial charge in [0.2, 0.25) is 0 Å². The van der Waals surface area contributed by atoms with Crippen molar-refractivity contribution in [2.45, 2.75) is 51.0 Å². The maximum Gasteiger partial charge on any atom is 0.462 e. The van der Waals surface area contributed by atoms with Crippen LogP contribution in [0.3, 0.4) is 0 Å². The standard InChI is InChI=1S/C15H23BO2S/c1-14(2)15(3,4)18-16(17-14)10-12-8-6-7-9-13(12)11-19-5/h6-9H,10-11H2,1-5H3.